The minimum atomic E-state index is -3.82. The van der Waals surface area contributed by atoms with Crippen LogP contribution >= 0.6 is 0 Å². The van der Waals surface area contributed by atoms with Crippen LogP contribution in [0.25, 0.3) is 0 Å². The molecule has 0 bridgehead atoms. The quantitative estimate of drug-likeness (QED) is 0.531. The highest BCUT2D eigenvalue weighted by Crippen LogP contribution is 2.06. The monoisotopic (exact) mass is 220 g/mol. The van der Waals surface area contributed by atoms with Gasteiger partial charge in [-0.3, -0.25) is 20.2 Å². The normalized spacial score (nSPS) is 19.1. The molecule has 8 heteroatoms. The molecule has 0 unspecified atom stereocenters. The number of carbonyl (C=O) groups excluding carboxylic acids is 3. The van der Waals surface area contributed by atoms with E-state index >= 15 is 0 Å². The zero-order valence-electron chi connectivity index (χ0n) is 7.23. The number of hydrogen-bond donors (Lipinski definition) is 2. The summed E-state index contributed by atoms with van der Waals surface area (Å²) < 4.78 is 22.5. The summed E-state index contributed by atoms with van der Waals surface area (Å²) in [6.07, 6.45) is 0. The molecule has 0 atom stereocenters. The Morgan fingerprint density at radius 1 is 1.14 bits per heavy atom. The van der Waals surface area contributed by atoms with Crippen molar-refractivity contribution in [2.75, 3.05) is 5.75 Å². The molecule has 0 aliphatic carbocycles. The van der Waals surface area contributed by atoms with Crippen molar-refractivity contribution in [2.24, 2.45) is 0 Å². The van der Waals surface area contributed by atoms with Crippen molar-refractivity contribution in [2.45, 2.75) is 12.2 Å². The van der Waals surface area contributed by atoms with Gasteiger partial charge in [-0.15, -0.1) is 0 Å². The molecule has 1 rings (SSSR count). The second kappa shape index (κ2) is 3.37. The first-order chi connectivity index (χ1) is 6.38. The predicted octanol–water partition coefficient (Wildman–Crippen LogP) is -1.84. The zero-order chi connectivity index (χ0) is 10.9. The van der Waals surface area contributed by atoms with Gasteiger partial charge < -0.3 is 0 Å². The number of sulfone groups is 1. The molecule has 7 nitrogen and oxygen atoms in total. The fourth-order valence-electron chi connectivity index (χ4n) is 0.998. The van der Waals surface area contributed by atoms with Gasteiger partial charge in [-0.2, -0.15) is 0 Å². The van der Waals surface area contributed by atoms with E-state index in [9.17, 15) is 22.8 Å². The first kappa shape index (κ1) is 10.6. The Balaban J connectivity index is 3.06. The van der Waals surface area contributed by atoms with Crippen molar-refractivity contribution in [1.82, 2.24) is 10.6 Å². The molecular formula is C6H8N2O5S. The largest absolute Gasteiger partial charge is 0.328 e. The van der Waals surface area contributed by atoms with E-state index in [4.69, 9.17) is 0 Å². The summed E-state index contributed by atoms with van der Waals surface area (Å²) in [5.41, 5.74) is 0. The zero-order valence-corrected chi connectivity index (χ0v) is 8.05. The van der Waals surface area contributed by atoms with Gasteiger partial charge in [0.15, 0.2) is 9.84 Å². The molecule has 1 saturated heterocycles. The van der Waals surface area contributed by atoms with Crippen LogP contribution in [0.2, 0.25) is 0 Å². The Bertz CT molecular complexity index is 378. The Labute approximate surface area is 79.8 Å². The predicted molar refractivity (Wildman–Crippen MR) is 44.9 cm³/mol. The Morgan fingerprint density at radius 3 is 1.93 bits per heavy atom. The van der Waals surface area contributed by atoms with Crippen LogP contribution in [0.4, 0.5) is 4.79 Å². The fraction of sp³-hybridized carbons (Fsp3) is 0.500. The van der Waals surface area contributed by atoms with Crippen LogP contribution < -0.4 is 10.6 Å². The number of amides is 4. The molecule has 0 aromatic carbocycles. The van der Waals surface area contributed by atoms with E-state index in [2.05, 4.69) is 0 Å². The third-order valence-electron chi connectivity index (χ3n) is 1.71. The van der Waals surface area contributed by atoms with E-state index in [0.717, 1.165) is 0 Å². The first-order valence-corrected chi connectivity index (χ1v) is 5.47. The Kier molecular flexibility index (Phi) is 2.56. The van der Waals surface area contributed by atoms with Gasteiger partial charge in [-0.05, 0) is 0 Å². The van der Waals surface area contributed by atoms with Gasteiger partial charge in [0.1, 0.15) is 0 Å². The number of rotatable bonds is 2. The molecule has 0 aromatic rings. The number of imide groups is 2. The van der Waals surface area contributed by atoms with Crippen LogP contribution in [-0.2, 0) is 19.4 Å². The maximum Gasteiger partial charge on any atom is 0.328 e. The average molecular weight is 220 g/mol. The lowest BCUT2D eigenvalue weighted by atomic mass is 10.3. The van der Waals surface area contributed by atoms with Crippen molar-refractivity contribution in [3.05, 3.63) is 0 Å². The van der Waals surface area contributed by atoms with Crippen molar-refractivity contribution in [3.63, 3.8) is 0 Å². The van der Waals surface area contributed by atoms with E-state index in [1.54, 1.807) is 10.6 Å². The summed E-state index contributed by atoms with van der Waals surface area (Å²) in [5.74, 6) is -2.53. The minimum Gasteiger partial charge on any atom is -0.276 e. The molecule has 1 fully saturated rings. The van der Waals surface area contributed by atoms with Crippen LogP contribution in [0, 0.1) is 0 Å². The van der Waals surface area contributed by atoms with Gasteiger partial charge in [0.25, 0.3) is 11.8 Å². The van der Waals surface area contributed by atoms with Crippen molar-refractivity contribution in [1.29, 1.82) is 0 Å². The van der Waals surface area contributed by atoms with Crippen LogP contribution in [0.3, 0.4) is 0 Å². The van der Waals surface area contributed by atoms with Gasteiger partial charge in [0.05, 0.1) is 0 Å². The molecule has 1 aliphatic rings. The number of hydrogen-bond acceptors (Lipinski definition) is 5. The van der Waals surface area contributed by atoms with Gasteiger partial charge in [-0.1, -0.05) is 6.92 Å². The van der Waals surface area contributed by atoms with Crippen molar-refractivity contribution < 1.29 is 22.8 Å². The summed E-state index contributed by atoms with van der Waals surface area (Å²) in [6.45, 7) is 1.31. The fourth-order valence-corrected chi connectivity index (χ4v) is 2.10. The molecule has 2 N–H and O–H groups in total. The summed E-state index contributed by atoms with van der Waals surface area (Å²) in [5, 5.41) is 1.61. The summed E-state index contributed by atoms with van der Waals surface area (Å²) >= 11 is 0. The third kappa shape index (κ3) is 1.74. The summed E-state index contributed by atoms with van der Waals surface area (Å²) in [6, 6.07) is -0.998. The SMILES string of the molecule is CCS(=O)(=O)C1C(=O)NC(=O)NC1=O. The lowest BCUT2D eigenvalue weighted by molar-refractivity contribution is -0.129. The number of nitrogens with one attached hydrogen (secondary N) is 2. The average Bonchev–Trinajstić information content (AvgIpc) is 2.01. The minimum absolute atomic E-state index is 0.341. The number of barbiturate groups is 1. The Hall–Kier alpha value is -1.44. The Morgan fingerprint density at radius 2 is 1.57 bits per heavy atom. The lowest BCUT2D eigenvalue weighted by Crippen LogP contribution is -2.61. The van der Waals surface area contributed by atoms with Gasteiger partial charge >= 0.3 is 6.03 Å². The molecular weight excluding hydrogens is 212 g/mol. The van der Waals surface area contributed by atoms with Crippen LogP contribution in [0.15, 0.2) is 0 Å². The second-order valence-corrected chi connectivity index (χ2v) is 5.01. The highest BCUT2D eigenvalue weighted by molar-refractivity contribution is 7.93. The summed E-state index contributed by atoms with van der Waals surface area (Å²) in [4.78, 5) is 32.7. The molecule has 14 heavy (non-hydrogen) atoms. The third-order valence-corrected chi connectivity index (χ3v) is 3.66. The molecule has 78 valence electrons. The standard InChI is InChI=1S/C6H8N2O5S/c1-2-14(12,13)3-4(9)7-6(11)8-5(3)10/h3H,2H2,1H3,(H2,7,8,9,10,11). The highest BCUT2D eigenvalue weighted by atomic mass is 32.2. The van der Waals surface area contributed by atoms with E-state index in [1.165, 1.54) is 6.92 Å². The van der Waals surface area contributed by atoms with E-state index < -0.39 is 32.9 Å². The van der Waals surface area contributed by atoms with E-state index in [1.807, 2.05) is 0 Å². The van der Waals surface area contributed by atoms with E-state index in [-0.39, 0.29) is 5.75 Å². The second-order valence-electron chi connectivity index (χ2n) is 2.64. The summed E-state index contributed by atoms with van der Waals surface area (Å²) in [7, 11) is -3.82. The molecule has 0 aromatic heterocycles. The van der Waals surface area contributed by atoms with Crippen LogP contribution in [-0.4, -0.2) is 37.3 Å². The van der Waals surface area contributed by atoms with Crippen molar-refractivity contribution in [3.8, 4) is 0 Å². The number of carbonyl (C=O) groups is 3. The highest BCUT2D eigenvalue weighted by Gasteiger charge is 2.42. The molecule has 0 saturated carbocycles. The first-order valence-electron chi connectivity index (χ1n) is 3.75. The molecule has 1 heterocycles. The smallest absolute Gasteiger partial charge is 0.276 e. The van der Waals surface area contributed by atoms with Crippen LogP contribution in [0.1, 0.15) is 6.92 Å². The van der Waals surface area contributed by atoms with Crippen LogP contribution in [0.5, 0.6) is 0 Å². The van der Waals surface area contributed by atoms with Gasteiger partial charge in [-0.25, -0.2) is 13.2 Å². The van der Waals surface area contributed by atoms with Gasteiger partial charge in [0, 0.05) is 5.75 Å². The lowest BCUT2D eigenvalue weighted by Gasteiger charge is -2.19. The molecule has 0 radical (unpaired) electrons. The molecule has 1 aliphatic heterocycles. The number of urea groups is 1. The molecule has 4 amide bonds. The maximum atomic E-state index is 11.2. The van der Waals surface area contributed by atoms with Gasteiger partial charge in [0.2, 0.25) is 5.25 Å². The van der Waals surface area contributed by atoms with Crippen molar-refractivity contribution >= 4 is 27.7 Å². The topological polar surface area (TPSA) is 109 Å². The maximum absolute atomic E-state index is 11.2. The van der Waals surface area contributed by atoms with E-state index in [0.29, 0.717) is 0 Å². The molecule has 0 spiro atoms.